The Morgan fingerprint density at radius 2 is 1.95 bits per heavy atom. The van der Waals surface area contributed by atoms with E-state index in [0.717, 1.165) is 11.1 Å². The van der Waals surface area contributed by atoms with E-state index in [1.807, 2.05) is 38.1 Å². The minimum absolute atomic E-state index is 0.0382. The molecule has 20 heavy (non-hydrogen) atoms. The fourth-order valence-corrected chi connectivity index (χ4v) is 2.36. The molecular formula is C16H17Cl2NO. The van der Waals surface area contributed by atoms with Crippen LogP contribution in [0.2, 0.25) is 10.0 Å². The van der Waals surface area contributed by atoms with Gasteiger partial charge >= 0.3 is 0 Å². The average Bonchev–Trinajstić information content (AvgIpc) is 2.37. The van der Waals surface area contributed by atoms with Crippen LogP contribution in [0.1, 0.15) is 18.1 Å². The first-order valence-corrected chi connectivity index (χ1v) is 7.20. The number of nitrogens with two attached hydrogens (primary N) is 1. The highest BCUT2D eigenvalue weighted by Crippen LogP contribution is 2.35. The summed E-state index contributed by atoms with van der Waals surface area (Å²) in [5, 5.41) is 1.20. The summed E-state index contributed by atoms with van der Waals surface area (Å²) in [6, 6.07) is 11.3. The number of aryl methyl sites for hydroxylation is 1. The van der Waals surface area contributed by atoms with E-state index in [4.69, 9.17) is 33.7 Å². The smallest absolute Gasteiger partial charge is 0.149 e. The molecule has 0 saturated carbocycles. The number of para-hydroxylation sites is 1. The van der Waals surface area contributed by atoms with Crippen LogP contribution in [-0.2, 0) is 6.42 Å². The topological polar surface area (TPSA) is 35.2 Å². The third-order valence-electron chi connectivity index (χ3n) is 2.95. The van der Waals surface area contributed by atoms with Crippen molar-refractivity contribution in [1.82, 2.24) is 0 Å². The molecule has 106 valence electrons. The molecule has 0 aliphatic rings. The second-order valence-corrected chi connectivity index (χ2v) is 5.77. The van der Waals surface area contributed by atoms with Gasteiger partial charge in [-0.05, 0) is 49.6 Å². The van der Waals surface area contributed by atoms with Gasteiger partial charge in [0.25, 0.3) is 0 Å². The zero-order valence-electron chi connectivity index (χ0n) is 11.5. The number of ether oxygens (including phenoxy) is 1. The first kappa shape index (κ1) is 15.2. The quantitative estimate of drug-likeness (QED) is 0.864. The molecule has 0 heterocycles. The highest BCUT2D eigenvalue weighted by molar-refractivity contribution is 6.32. The van der Waals surface area contributed by atoms with Crippen molar-refractivity contribution in [3.63, 3.8) is 0 Å². The lowest BCUT2D eigenvalue weighted by Crippen LogP contribution is -2.18. The van der Waals surface area contributed by atoms with E-state index in [1.165, 1.54) is 0 Å². The molecule has 0 saturated heterocycles. The summed E-state index contributed by atoms with van der Waals surface area (Å²) in [5.74, 6) is 1.35. The first-order chi connectivity index (χ1) is 9.47. The molecule has 1 atom stereocenters. The molecule has 0 radical (unpaired) electrons. The van der Waals surface area contributed by atoms with Gasteiger partial charge in [-0.3, -0.25) is 0 Å². The van der Waals surface area contributed by atoms with Gasteiger partial charge in [-0.2, -0.15) is 0 Å². The van der Waals surface area contributed by atoms with Crippen LogP contribution < -0.4 is 10.5 Å². The summed E-state index contributed by atoms with van der Waals surface area (Å²) in [6.07, 6.45) is 0.704. The Morgan fingerprint density at radius 1 is 1.20 bits per heavy atom. The van der Waals surface area contributed by atoms with Gasteiger partial charge in [-0.15, -0.1) is 0 Å². The van der Waals surface area contributed by atoms with Crippen molar-refractivity contribution in [3.05, 3.63) is 57.6 Å². The molecule has 0 fully saturated rings. The number of hydrogen-bond acceptors (Lipinski definition) is 2. The van der Waals surface area contributed by atoms with Crippen molar-refractivity contribution in [1.29, 1.82) is 0 Å². The highest BCUT2D eigenvalue weighted by Gasteiger charge is 2.12. The number of benzene rings is 2. The molecule has 4 heteroatoms. The fourth-order valence-electron chi connectivity index (χ4n) is 1.97. The summed E-state index contributed by atoms with van der Waals surface area (Å²) in [4.78, 5) is 0. The lowest BCUT2D eigenvalue weighted by molar-refractivity contribution is 0.470. The Morgan fingerprint density at radius 3 is 2.65 bits per heavy atom. The zero-order chi connectivity index (χ0) is 14.7. The Labute approximate surface area is 129 Å². The summed E-state index contributed by atoms with van der Waals surface area (Å²) >= 11 is 12.3. The fraction of sp³-hybridized carbons (Fsp3) is 0.250. The molecular weight excluding hydrogens is 293 g/mol. The van der Waals surface area contributed by atoms with Gasteiger partial charge in [0.2, 0.25) is 0 Å². The van der Waals surface area contributed by atoms with Gasteiger partial charge in [-0.1, -0.05) is 41.4 Å². The third kappa shape index (κ3) is 3.66. The standard InChI is InChI=1S/C16H17Cl2NO/c1-10-6-7-13(17)9-15(10)20-16-12(8-11(2)19)4-3-5-14(16)18/h3-7,9,11H,8,19H2,1-2H3. The number of halogens is 2. The molecule has 0 aliphatic carbocycles. The molecule has 2 aromatic carbocycles. The van der Waals surface area contributed by atoms with Crippen molar-refractivity contribution in [2.24, 2.45) is 5.73 Å². The lowest BCUT2D eigenvalue weighted by atomic mass is 10.1. The van der Waals surface area contributed by atoms with Crippen LogP contribution in [0, 0.1) is 6.92 Å². The van der Waals surface area contributed by atoms with E-state index in [0.29, 0.717) is 28.0 Å². The number of rotatable bonds is 4. The van der Waals surface area contributed by atoms with Gasteiger partial charge in [0.15, 0.2) is 0 Å². The monoisotopic (exact) mass is 309 g/mol. The summed E-state index contributed by atoms with van der Waals surface area (Å²) in [5.41, 5.74) is 7.86. The second-order valence-electron chi connectivity index (χ2n) is 4.92. The maximum Gasteiger partial charge on any atom is 0.149 e. The maximum atomic E-state index is 6.26. The summed E-state index contributed by atoms with van der Waals surface area (Å²) in [7, 11) is 0. The van der Waals surface area contributed by atoms with E-state index in [1.54, 1.807) is 12.1 Å². The highest BCUT2D eigenvalue weighted by atomic mass is 35.5. The van der Waals surface area contributed by atoms with E-state index in [9.17, 15) is 0 Å². The maximum absolute atomic E-state index is 6.26. The van der Waals surface area contributed by atoms with Crippen LogP contribution in [0.3, 0.4) is 0 Å². The normalized spacial score (nSPS) is 12.2. The van der Waals surface area contributed by atoms with Crippen molar-refractivity contribution in [3.8, 4) is 11.5 Å². The van der Waals surface area contributed by atoms with Crippen LogP contribution in [-0.4, -0.2) is 6.04 Å². The summed E-state index contributed by atoms with van der Waals surface area (Å²) < 4.78 is 5.98. The molecule has 2 aromatic rings. The summed E-state index contributed by atoms with van der Waals surface area (Å²) in [6.45, 7) is 3.92. The average molecular weight is 310 g/mol. The minimum atomic E-state index is 0.0382. The second kappa shape index (κ2) is 6.49. The molecule has 2 rings (SSSR count). The first-order valence-electron chi connectivity index (χ1n) is 6.44. The van der Waals surface area contributed by atoms with Gasteiger partial charge in [0, 0.05) is 11.1 Å². The van der Waals surface area contributed by atoms with Crippen LogP contribution in [0.4, 0.5) is 0 Å². The molecule has 0 spiro atoms. The third-order valence-corrected chi connectivity index (χ3v) is 3.49. The van der Waals surface area contributed by atoms with Crippen LogP contribution in [0.15, 0.2) is 36.4 Å². The zero-order valence-corrected chi connectivity index (χ0v) is 13.0. The molecule has 0 aromatic heterocycles. The van der Waals surface area contributed by atoms with Crippen LogP contribution in [0.5, 0.6) is 11.5 Å². The lowest BCUT2D eigenvalue weighted by Gasteiger charge is -2.15. The Hall–Kier alpha value is -1.22. The van der Waals surface area contributed by atoms with Crippen LogP contribution in [0.25, 0.3) is 0 Å². The van der Waals surface area contributed by atoms with Crippen molar-refractivity contribution in [2.75, 3.05) is 0 Å². The molecule has 0 aliphatic heterocycles. The van der Waals surface area contributed by atoms with Crippen molar-refractivity contribution >= 4 is 23.2 Å². The van der Waals surface area contributed by atoms with E-state index >= 15 is 0 Å². The SMILES string of the molecule is Cc1ccc(Cl)cc1Oc1c(Cl)cccc1CC(C)N. The van der Waals surface area contributed by atoms with E-state index in [2.05, 4.69) is 0 Å². The predicted molar refractivity (Wildman–Crippen MR) is 85.1 cm³/mol. The van der Waals surface area contributed by atoms with Crippen molar-refractivity contribution < 1.29 is 4.74 Å². The van der Waals surface area contributed by atoms with Gasteiger partial charge in [-0.25, -0.2) is 0 Å². The molecule has 0 bridgehead atoms. The van der Waals surface area contributed by atoms with E-state index in [-0.39, 0.29) is 6.04 Å². The van der Waals surface area contributed by atoms with Crippen molar-refractivity contribution in [2.45, 2.75) is 26.3 Å². The molecule has 2 N–H and O–H groups in total. The number of hydrogen-bond donors (Lipinski definition) is 1. The Bertz CT molecular complexity index is 611. The van der Waals surface area contributed by atoms with Gasteiger partial charge in [0.1, 0.15) is 11.5 Å². The minimum Gasteiger partial charge on any atom is -0.455 e. The predicted octanol–water partition coefficient (Wildman–Crippen LogP) is 4.98. The largest absolute Gasteiger partial charge is 0.455 e. The van der Waals surface area contributed by atoms with Gasteiger partial charge < -0.3 is 10.5 Å². The van der Waals surface area contributed by atoms with E-state index < -0.39 is 0 Å². The Balaban J connectivity index is 2.39. The van der Waals surface area contributed by atoms with Gasteiger partial charge in [0.05, 0.1) is 5.02 Å². The molecule has 0 amide bonds. The van der Waals surface area contributed by atoms with Crippen LogP contribution >= 0.6 is 23.2 Å². The molecule has 1 unspecified atom stereocenters. The Kier molecular flexibility index (Phi) is 4.92. The molecule has 2 nitrogen and oxygen atoms in total.